The fourth-order valence-corrected chi connectivity index (χ4v) is 2.13. The first-order chi connectivity index (χ1) is 10.4. The molecule has 4 nitrogen and oxygen atoms in total. The van der Waals surface area contributed by atoms with Gasteiger partial charge >= 0.3 is 0 Å². The zero-order chi connectivity index (χ0) is 14.5. The summed E-state index contributed by atoms with van der Waals surface area (Å²) >= 11 is 0. The molecular formula is C17H14N2O2. The topological polar surface area (TPSA) is 55.0 Å². The minimum Gasteiger partial charge on any atom is -0.488 e. The second-order valence-corrected chi connectivity index (χ2v) is 4.59. The van der Waals surface area contributed by atoms with Gasteiger partial charge in [0.05, 0.1) is 17.5 Å². The summed E-state index contributed by atoms with van der Waals surface area (Å²) in [6.45, 7) is 0.475. The van der Waals surface area contributed by atoms with Gasteiger partial charge in [-0.2, -0.15) is 5.10 Å². The van der Waals surface area contributed by atoms with Crippen molar-refractivity contribution < 1.29 is 9.53 Å². The largest absolute Gasteiger partial charge is 0.488 e. The number of ether oxygens (including phenoxy) is 1. The molecule has 2 aromatic carbocycles. The van der Waals surface area contributed by atoms with Crippen molar-refractivity contribution in [3.8, 4) is 17.0 Å². The van der Waals surface area contributed by atoms with Crippen molar-refractivity contribution in [3.63, 3.8) is 0 Å². The summed E-state index contributed by atoms with van der Waals surface area (Å²) < 4.78 is 5.88. The summed E-state index contributed by atoms with van der Waals surface area (Å²) in [7, 11) is 0. The van der Waals surface area contributed by atoms with Crippen LogP contribution in [-0.4, -0.2) is 16.5 Å². The van der Waals surface area contributed by atoms with Gasteiger partial charge in [0.1, 0.15) is 12.4 Å². The summed E-state index contributed by atoms with van der Waals surface area (Å²) in [6, 6.07) is 17.5. The maximum atomic E-state index is 11.1. The number of benzene rings is 2. The van der Waals surface area contributed by atoms with Gasteiger partial charge in [-0.05, 0) is 17.7 Å². The minimum atomic E-state index is 0.475. The summed E-state index contributed by atoms with van der Waals surface area (Å²) in [5.41, 5.74) is 3.11. The number of aldehydes is 1. The number of hydrogen-bond acceptors (Lipinski definition) is 3. The number of carbonyl (C=O) groups is 1. The summed E-state index contributed by atoms with van der Waals surface area (Å²) in [5, 5.41) is 6.77. The first-order valence-corrected chi connectivity index (χ1v) is 6.63. The lowest BCUT2D eigenvalue weighted by Gasteiger charge is -2.11. The zero-order valence-electron chi connectivity index (χ0n) is 11.3. The van der Waals surface area contributed by atoms with Crippen LogP contribution >= 0.6 is 0 Å². The number of nitrogens with one attached hydrogen (secondary N) is 1. The quantitative estimate of drug-likeness (QED) is 0.727. The number of aromatic nitrogens is 2. The van der Waals surface area contributed by atoms with Crippen LogP contribution in [0.15, 0.2) is 60.8 Å². The van der Waals surface area contributed by atoms with Gasteiger partial charge in [-0.15, -0.1) is 0 Å². The van der Waals surface area contributed by atoms with E-state index >= 15 is 0 Å². The van der Waals surface area contributed by atoms with Crippen molar-refractivity contribution >= 4 is 6.29 Å². The van der Waals surface area contributed by atoms with Crippen LogP contribution < -0.4 is 4.74 Å². The van der Waals surface area contributed by atoms with Crippen molar-refractivity contribution in [3.05, 3.63) is 71.9 Å². The van der Waals surface area contributed by atoms with E-state index in [1.165, 1.54) is 6.20 Å². The maximum Gasteiger partial charge on any atom is 0.153 e. The van der Waals surface area contributed by atoms with Crippen LogP contribution in [0.4, 0.5) is 0 Å². The molecule has 0 saturated carbocycles. The first-order valence-electron chi connectivity index (χ1n) is 6.63. The lowest BCUT2D eigenvalue weighted by atomic mass is 10.1. The van der Waals surface area contributed by atoms with E-state index in [4.69, 9.17) is 4.74 Å². The monoisotopic (exact) mass is 278 g/mol. The molecular weight excluding hydrogens is 264 g/mol. The van der Waals surface area contributed by atoms with Gasteiger partial charge in [0.15, 0.2) is 6.29 Å². The molecule has 3 aromatic rings. The van der Waals surface area contributed by atoms with Crippen LogP contribution in [0, 0.1) is 0 Å². The van der Waals surface area contributed by atoms with Crippen LogP contribution in [0.1, 0.15) is 15.9 Å². The molecule has 0 amide bonds. The van der Waals surface area contributed by atoms with Crippen LogP contribution in [0.3, 0.4) is 0 Å². The number of carbonyl (C=O) groups excluding carboxylic acids is 1. The third kappa shape index (κ3) is 2.84. The zero-order valence-corrected chi connectivity index (χ0v) is 11.3. The van der Waals surface area contributed by atoms with E-state index in [1.54, 1.807) is 0 Å². The number of hydrogen-bond donors (Lipinski definition) is 1. The van der Waals surface area contributed by atoms with Crippen LogP contribution in [0.5, 0.6) is 5.75 Å². The van der Waals surface area contributed by atoms with Crippen LogP contribution in [-0.2, 0) is 6.61 Å². The molecule has 21 heavy (non-hydrogen) atoms. The molecule has 0 saturated heterocycles. The van der Waals surface area contributed by atoms with Gasteiger partial charge in [0.25, 0.3) is 0 Å². The molecule has 0 atom stereocenters. The molecule has 1 N–H and O–H groups in total. The molecule has 0 aliphatic carbocycles. The lowest BCUT2D eigenvalue weighted by molar-refractivity contribution is 0.112. The molecule has 4 heteroatoms. The number of H-pyrrole nitrogens is 1. The Bertz CT molecular complexity index is 735. The highest BCUT2D eigenvalue weighted by molar-refractivity contribution is 5.86. The summed E-state index contributed by atoms with van der Waals surface area (Å²) in [5.74, 6) is 0.716. The predicted octanol–water partition coefficient (Wildman–Crippen LogP) is 3.47. The molecule has 0 spiro atoms. The summed E-state index contributed by atoms with van der Waals surface area (Å²) in [4.78, 5) is 11.1. The highest BCUT2D eigenvalue weighted by atomic mass is 16.5. The Hall–Kier alpha value is -2.88. The Balaban J connectivity index is 1.88. The molecule has 0 fully saturated rings. The highest BCUT2D eigenvalue weighted by Crippen LogP contribution is 2.30. The van der Waals surface area contributed by atoms with E-state index in [-0.39, 0.29) is 0 Å². The van der Waals surface area contributed by atoms with Gasteiger partial charge in [-0.3, -0.25) is 9.89 Å². The van der Waals surface area contributed by atoms with Crippen LogP contribution in [0.2, 0.25) is 0 Å². The lowest BCUT2D eigenvalue weighted by Crippen LogP contribution is -1.97. The third-order valence-electron chi connectivity index (χ3n) is 3.19. The van der Waals surface area contributed by atoms with E-state index in [1.807, 2.05) is 54.6 Å². The smallest absolute Gasteiger partial charge is 0.153 e. The molecule has 1 heterocycles. The average Bonchev–Trinajstić information content (AvgIpc) is 3.02. The second kappa shape index (κ2) is 6.05. The standard InChI is InChI=1S/C17H14N2O2/c20-11-14-10-18-19-17(14)15-8-4-5-9-16(15)21-12-13-6-2-1-3-7-13/h1-11H,12H2,(H,18,19). The second-order valence-electron chi connectivity index (χ2n) is 4.59. The Labute approximate surface area is 122 Å². The van der Waals surface area contributed by atoms with Crippen molar-refractivity contribution in [1.82, 2.24) is 10.2 Å². The van der Waals surface area contributed by atoms with Crippen molar-refractivity contribution in [1.29, 1.82) is 0 Å². The fourth-order valence-electron chi connectivity index (χ4n) is 2.13. The van der Waals surface area contributed by atoms with E-state index in [0.717, 1.165) is 17.4 Å². The normalized spacial score (nSPS) is 10.3. The van der Waals surface area contributed by atoms with Gasteiger partial charge < -0.3 is 4.74 Å². The highest BCUT2D eigenvalue weighted by Gasteiger charge is 2.12. The van der Waals surface area contributed by atoms with E-state index in [0.29, 0.717) is 23.6 Å². The van der Waals surface area contributed by atoms with E-state index < -0.39 is 0 Å². The maximum absolute atomic E-state index is 11.1. The molecule has 3 rings (SSSR count). The Kier molecular flexibility index (Phi) is 3.78. The van der Waals surface area contributed by atoms with Gasteiger partial charge in [0.2, 0.25) is 0 Å². The van der Waals surface area contributed by atoms with Crippen molar-refractivity contribution in [2.24, 2.45) is 0 Å². The van der Waals surface area contributed by atoms with Gasteiger partial charge in [0, 0.05) is 5.56 Å². The molecule has 104 valence electrons. The van der Waals surface area contributed by atoms with E-state index in [2.05, 4.69) is 10.2 Å². The molecule has 0 radical (unpaired) electrons. The van der Waals surface area contributed by atoms with E-state index in [9.17, 15) is 4.79 Å². The molecule has 0 aliphatic rings. The van der Waals surface area contributed by atoms with Gasteiger partial charge in [-0.25, -0.2) is 0 Å². The fraction of sp³-hybridized carbons (Fsp3) is 0.0588. The van der Waals surface area contributed by atoms with Gasteiger partial charge in [-0.1, -0.05) is 42.5 Å². The number of para-hydroxylation sites is 1. The SMILES string of the molecule is O=Cc1cn[nH]c1-c1ccccc1OCc1ccccc1. The minimum absolute atomic E-state index is 0.475. The average molecular weight is 278 g/mol. The first kappa shape index (κ1) is 13.1. The molecule has 0 bridgehead atoms. The third-order valence-corrected chi connectivity index (χ3v) is 3.19. The number of rotatable bonds is 5. The molecule has 0 aliphatic heterocycles. The predicted molar refractivity (Wildman–Crippen MR) is 80.2 cm³/mol. The number of aromatic amines is 1. The molecule has 1 aromatic heterocycles. The molecule has 0 unspecified atom stereocenters. The van der Waals surface area contributed by atoms with Crippen molar-refractivity contribution in [2.45, 2.75) is 6.61 Å². The van der Waals surface area contributed by atoms with Crippen molar-refractivity contribution in [2.75, 3.05) is 0 Å². The van der Waals surface area contributed by atoms with Crippen LogP contribution in [0.25, 0.3) is 11.3 Å². The Morgan fingerprint density at radius 2 is 1.81 bits per heavy atom. The Morgan fingerprint density at radius 1 is 1.05 bits per heavy atom. The number of nitrogens with zero attached hydrogens (tertiary/aromatic N) is 1. The Morgan fingerprint density at radius 3 is 2.62 bits per heavy atom. The summed E-state index contributed by atoms with van der Waals surface area (Å²) in [6.07, 6.45) is 2.29.